The molecule has 0 unspecified atom stereocenters. The topological polar surface area (TPSA) is 83.0 Å². The Morgan fingerprint density at radius 3 is 2.71 bits per heavy atom. The van der Waals surface area contributed by atoms with Crippen LogP contribution in [0.25, 0.3) is 0 Å². The number of amides is 2. The second kappa shape index (κ2) is 11.4. The van der Waals surface area contributed by atoms with Crippen LogP contribution in [0.2, 0.25) is 0 Å². The second-order valence-electron chi connectivity index (χ2n) is 10.8. The number of hydrogen-bond acceptors (Lipinski definition) is 5. The molecule has 7 heteroatoms. The van der Waals surface area contributed by atoms with Crippen LogP contribution in [0, 0.1) is 29.6 Å². The summed E-state index contributed by atoms with van der Waals surface area (Å²) in [6, 6.07) is 1.42. The molecule has 2 amide bonds. The minimum absolute atomic E-state index is 0.0510. The third-order valence-electron chi connectivity index (χ3n) is 7.66. The number of carbonyl (C=O) groups excluding carboxylic acids is 2. The number of aliphatic hydroxyl groups is 1. The van der Waals surface area contributed by atoms with E-state index in [4.69, 9.17) is 4.74 Å². The Hall–Kier alpha value is -2.59. The minimum atomic E-state index is -0.345. The highest BCUT2D eigenvalue weighted by atomic mass is 16.5. The summed E-state index contributed by atoms with van der Waals surface area (Å²) in [5.41, 5.74) is 1.05. The molecule has 0 spiro atoms. The molecule has 2 fully saturated rings. The quantitative estimate of drug-likeness (QED) is 0.603. The number of carbonyl (C=O) groups is 2. The molecule has 3 atom stereocenters. The van der Waals surface area contributed by atoms with E-state index >= 15 is 0 Å². The van der Waals surface area contributed by atoms with Crippen molar-refractivity contribution < 1.29 is 19.4 Å². The van der Waals surface area contributed by atoms with Gasteiger partial charge in [0.15, 0.2) is 0 Å². The Morgan fingerprint density at radius 1 is 1.29 bits per heavy atom. The van der Waals surface area contributed by atoms with Crippen molar-refractivity contribution in [1.29, 1.82) is 0 Å². The Balaban J connectivity index is 1.56. The fraction of sp³-hybridized carbons (Fsp3) is 0.679. The van der Waals surface area contributed by atoms with Gasteiger partial charge >= 0.3 is 0 Å². The molecule has 35 heavy (non-hydrogen) atoms. The summed E-state index contributed by atoms with van der Waals surface area (Å²) < 4.78 is 6.30. The molecule has 1 aromatic heterocycles. The lowest BCUT2D eigenvalue weighted by atomic mass is 9.99. The number of aromatic nitrogens is 1. The van der Waals surface area contributed by atoms with E-state index in [1.807, 2.05) is 20.9 Å². The fourth-order valence-electron chi connectivity index (χ4n) is 5.00. The Labute approximate surface area is 209 Å². The predicted octanol–water partition coefficient (Wildman–Crippen LogP) is 3.49. The summed E-state index contributed by atoms with van der Waals surface area (Å²) in [6.07, 6.45) is 10.1. The molecule has 0 bridgehead atoms. The van der Waals surface area contributed by atoms with Crippen LogP contribution in [0.5, 0.6) is 5.88 Å². The standard InChI is InChI=1S/C28H39N3O4/c1-19-16-31(20(2)18-32)28(34)24-13-23(10-6-9-21-7-4-5-8-21)15-29-27(24)35-25(19)17-30(3)26(33)14-22-11-12-22/h13,15,19-22,25,32H,4-5,7-9,11-12,14,16-18H2,1-3H3/t19-,20-,25+/m0/s1. The molecule has 2 saturated carbocycles. The fourth-order valence-corrected chi connectivity index (χ4v) is 5.00. The minimum Gasteiger partial charge on any atom is -0.472 e. The van der Waals surface area contributed by atoms with Crippen molar-refractivity contribution in [2.45, 2.75) is 77.4 Å². The van der Waals surface area contributed by atoms with Crippen LogP contribution < -0.4 is 4.74 Å². The van der Waals surface area contributed by atoms with Gasteiger partial charge in [0.25, 0.3) is 5.91 Å². The molecule has 1 aliphatic heterocycles. The molecule has 1 N–H and O–H groups in total. The number of aliphatic hydroxyl groups excluding tert-OH is 1. The largest absolute Gasteiger partial charge is 0.472 e. The number of pyridine rings is 1. The lowest BCUT2D eigenvalue weighted by Gasteiger charge is -2.37. The molecule has 2 heterocycles. The van der Waals surface area contributed by atoms with Gasteiger partial charge in [0.1, 0.15) is 11.7 Å². The van der Waals surface area contributed by atoms with Crippen LogP contribution in [0.4, 0.5) is 0 Å². The summed E-state index contributed by atoms with van der Waals surface area (Å²) >= 11 is 0. The summed E-state index contributed by atoms with van der Waals surface area (Å²) in [5, 5.41) is 9.83. The van der Waals surface area contributed by atoms with Crippen molar-refractivity contribution in [2.24, 2.45) is 17.8 Å². The molecular weight excluding hydrogens is 442 g/mol. The lowest BCUT2D eigenvalue weighted by molar-refractivity contribution is -0.131. The SMILES string of the molecule is C[C@H]1CN([C@@H](C)CO)C(=O)c2cc(C#CCC3CCCC3)cnc2O[C@@H]1CN(C)C(=O)CC1CC1. The first-order chi connectivity index (χ1) is 16.9. The first kappa shape index (κ1) is 25.5. The summed E-state index contributed by atoms with van der Waals surface area (Å²) in [4.78, 5) is 34.1. The number of fused-ring (bicyclic) bond motifs is 1. The van der Waals surface area contributed by atoms with E-state index < -0.39 is 0 Å². The van der Waals surface area contributed by atoms with E-state index in [1.54, 1.807) is 22.1 Å². The van der Waals surface area contributed by atoms with Crippen molar-refractivity contribution in [3.8, 4) is 17.7 Å². The normalized spacial score (nSPS) is 23.4. The monoisotopic (exact) mass is 481 g/mol. The maximum Gasteiger partial charge on any atom is 0.259 e. The average molecular weight is 482 g/mol. The predicted molar refractivity (Wildman–Crippen MR) is 134 cm³/mol. The van der Waals surface area contributed by atoms with Crippen LogP contribution in [-0.2, 0) is 4.79 Å². The van der Waals surface area contributed by atoms with Crippen LogP contribution in [0.15, 0.2) is 12.3 Å². The van der Waals surface area contributed by atoms with Gasteiger partial charge < -0.3 is 19.6 Å². The molecule has 4 rings (SSSR count). The molecule has 7 nitrogen and oxygen atoms in total. The van der Waals surface area contributed by atoms with E-state index in [1.165, 1.54) is 25.7 Å². The summed E-state index contributed by atoms with van der Waals surface area (Å²) in [6.45, 7) is 4.57. The summed E-state index contributed by atoms with van der Waals surface area (Å²) in [7, 11) is 1.82. The van der Waals surface area contributed by atoms with Gasteiger partial charge in [-0.15, -0.1) is 0 Å². The third-order valence-corrected chi connectivity index (χ3v) is 7.66. The van der Waals surface area contributed by atoms with Crippen LogP contribution >= 0.6 is 0 Å². The van der Waals surface area contributed by atoms with Gasteiger partial charge in [-0.05, 0) is 50.5 Å². The van der Waals surface area contributed by atoms with Crippen molar-refractivity contribution in [1.82, 2.24) is 14.8 Å². The van der Waals surface area contributed by atoms with E-state index in [0.29, 0.717) is 42.5 Å². The van der Waals surface area contributed by atoms with E-state index in [-0.39, 0.29) is 42.4 Å². The molecule has 2 aliphatic carbocycles. The number of rotatable bonds is 7. The van der Waals surface area contributed by atoms with Gasteiger partial charge in [0.2, 0.25) is 11.8 Å². The van der Waals surface area contributed by atoms with Gasteiger partial charge in [-0.2, -0.15) is 0 Å². The smallest absolute Gasteiger partial charge is 0.259 e. The maximum atomic E-state index is 13.5. The first-order valence-electron chi connectivity index (χ1n) is 13.2. The van der Waals surface area contributed by atoms with Gasteiger partial charge in [-0.1, -0.05) is 31.6 Å². The molecule has 190 valence electrons. The lowest BCUT2D eigenvalue weighted by Crippen LogP contribution is -2.50. The number of nitrogens with zero attached hydrogens (tertiary/aromatic N) is 3. The van der Waals surface area contributed by atoms with Crippen molar-refractivity contribution in [3.05, 3.63) is 23.4 Å². The highest BCUT2D eigenvalue weighted by Gasteiger charge is 2.35. The Morgan fingerprint density at radius 2 is 2.03 bits per heavy atom. The molecular formula is C28H39N3O4. The number of hydrogen-bond donors (Lipinski definition) is 1. The van der Waals surface area contributed by atoms with Gasteiger partial charge in [0, 0.05) is 44.1 Å². The highest BCUT2D eigenvalue weighted by molar-refractivity contribution is 5.97. The van der Waals surface area contributed by atoms with Crippen LogP contribution in [-0.4, -0.2) is 70.6 Å². The number of likely N-dealkylation sites (N-methyl/N-ethyl adjacent to an activating group) is 1. The van der Waals surface area contributed by atoms with Crippen LogP contribution in [0.3, 0.4) is 0 Å². The van der Waals surface area contributed by atoms with Crippen molar-refractivity contribution in [3.63, 3.8) is 0 Å². The highest BCUT2D eigenvalue weighted by Crippen LogP contribution is 2.33. The molecule has 3 aliphatic rings. The van der Waals surface area contributed by atoms with Crippen molar-refractivity contribution in [2.75, 3.05) is 26.7 Å². The van der Waals surface area contributed by atoms with Gasteiger partial charge in [0.05, 0.1) is 19.2 Å². The van der Waals surface area contributed by atoms with E-state index in [9.17, 15) is 14.7 Å². The zero-order chi connectivity index (χ0) is 24.9. The second-order valence-corrected chi connectivity index (χ2v) is 10.8. The Bertz CT molecular complexity index is 974. The zero-order valence-electron chi connectivity index (χ0n) is 21.3. The van der Waals surface area contributed by atoms with E-state index in [0.717, 1.165) is 19.3 Å². The number of ether oxygens (including phenoxy) is 1. The average Bonchev–Trinajstić information content (AvgIpc) is 3.51. The Kier molecular flexibility index (Phi) is 8.33. The first-order valence-corrected chi connectivity index (χ1v) is 13.2. The molecule has 0 saturated heterocycles. The molecule has 1 aromatic rings. The molecule has 0 radical (unpaired) electrons. The van der Waals surface area contributed by atoms with E-state index in [2.05, 4.69) is 16.8 Å². The van der Waals surface area contributed by atoms with Crippen molar-refractivity contribution >= 4 is 11.8 Å². The van der Waals surface area contributed by atoms with Gasteiger partial charge in [-0.25, -0.2) is 4.98 Å². The van der Waals surface area contributed by atoms with Gasteiger partial charge in [-0.3, -0.25) is 9.59 Å². The maximum absolute atomic E-state index is 13.5. The van der Waals surface area contributed by atoms with Crippen LogP contribution in [0.1, 0.15) is 81.1 Å². The third kappa shape index (κ3) is 6.55. The molecule has 0 aromatic carbocycles. The summed E-state index contributed by atoms with van der Waals surface area (Å²) in [5.74, 6) is 7.79. The zero-order valence-corrected chi connectivity index (χ0v) is 21.3.